The summed E-state index contributed by atoms with van der Waals surface area (Å²) in [6, 6.07) is 16.1. The molecule has 0 fully saturated rings. The van der Waals surface area contributed by atoms with Crippen LogP contribution in [0.1, 0.15) is 33.4 Å². The lowest BCUT2D eigenvalue weighted by Gasteiger charge is -2.15. The zero-order chi connectivity index (χ0) is 18.7. The molecule has 0 unspecified atom stereocenters. The third-order valence-corrected chi connectivity index (χ3v) is 6.45. The molecule has 134 valence electrons. The number of carbonyl (C=O) groups excluding carboxylic acids is 1. The summed E-state index contributed by atoms with van der Waals surface area (Å²) in [6.07, 6.45) is 1.19. The van der Waals surface area contributed by atoms with Gasteiger partial charge in [-0.15, -0.1) is 0 Å². The lowest BCUT2D eigenvalue weighted by molar-refractivity contribution is 0.0978. The second kappa shape index (κ2) is 7.48. The van der Waals surface area contributed by atoms with Gasteiger partial charge in [-0.05, 0) is 55.5 Å². The number of Topliss-reactive ketones (excluding diaryl/α,β-unsaturated/α-hetero) is 1. The average Bonchev–Trinajstić information content (AvgIpc) is 3.14. The molecule has 0 aliphatic carbocycles. The predicted molar refractivity (Wildman–Crippen MR) is 100 cm³/mol. The Kier molecular flexibility index (Phi) is 5.30. The number of hydrogen-bond acceptors (Lipinski definition) is 4. The van der Waals surface area contributed by atoms with Crippen LogP contribution in [0, 0.1) is 6.92 Å². The minimum atomic E-state index is -3.79. The summed E-state index contributed by atoms with van der Waals surface area (Å²) < 4.78 is 31.6. The highest BCUT2D eigenvalue weighted by Crippen LogP contribution is 2.33. The van der Waals surface area contributed by atoms with Gasteiger partial charge < -0.3 is 4.42 Å². The number of aryl methyl sites for hydroxylation is 1. The summed E-state index contributed by atoms with van der Waals surface area (Å²) in [5.74, 6) is -0.0494. The van der Waals surface area contributed by atoms with Gasteiger partial charge in [0.25, 0.3) is 0 Å². The van der Waals surface area contributed by atoms with Gasteiger partial charge in [0.05, 0.1) is 11.2 Å². The number of rotatable bonds is 6. The quantitative estimate of drug-likeness (QED) is 0.555. The fourth-order valence-corrected chi connectivity index (χ4v) is 4.43. The molecule has 3 aromatic rings. The highest BCUT2D eigenvalue weighted by molar-refractivity contribution is 7.91. The number of benzene rings is 2. The van der Waals surface area contributed by atoms with E-state index < -0.39 is 15.1 Å². The number of halogens is 1. The van der Waals surface area contributed by atoms with Gasteiger partial charge in [0.15, 0.2) is 15.6 Å². The van der Waals surface area contributed by atoms with Gasteiger partial charge in [-0.1, -0.05) is 29.3 Å². The molecule has 0 amide bonds. The summed E-state index contributed by atoms with van der Waals surface area (Å²) in [5.41, 5.74) is 1.36. The van der Waals surface area contributed by atoms with E-state index in [4.69, 9.17) is 16.0 Å². The molecule has 0 saturated carbocycles. The van der Waals surface area contributed by atoms with E-state index in [0.717, 1.165) is 5.56 Å². The second-order valence-corrected chi connectivity index (χ2v) is 8.56. The van der Waals surface area contributed by atoms with Crippen LogP contribution in [0.3, 0.4) is 0 Å². The van der Waals surface area contributed by atoms with Gasteiger partial charge >= 0.3 is 0 Å². The summed E-state index contributed by atoms with van der Waals surface area (Å²) >= 11 is 5.85. The molecule has 1 heterocycles. The van der Waals surface area contributed by atoms with Crippen molar-refractivity contribution >= 4 is 27.2 Å². The van der Waals surface area contributed by atoms with Gasteiger partial charge in [0, 0.05) is 17.0 Å². The van der Waals surface area contributed by atoms with Crippen LogP contribution in [-0.2, 0) is 9.84 Å². The molecule has 0 aliphatic rings. The van der Waals surface area contributed by atoms with Crippen molar-refractivity contribution in [3.63, 3.8) is 0 Å². The average molecular weight is 389 g/mol. The van der Waals surface area contributed by atoms with Crippen molar-refractivity contribution in [2.45, 2.75) is 23.5 Å². The van der Waals surface area contributed by atoms with Crippen molar-refractivity contribution < 1.29 is 17.6 Å². The minimum absolute atomic E-state index is 0.161. The topological polar surface area (TPSA) is 64.3 Å². The Morgan fingerprint density at radius 1 is 1.04 bits per heavy atom. The van der Waals surface area contributed by atoms with Gasteiger partial charge in [-0.3, -0.25) is 4.79 Å². The van der Waals surface area contributed by atoms with Crippen molar-refractivity contribution in [3.8, 4) is 0 Å². The van der Waals surface area contributed by atoms with E-state index in [-0.39, 0.29) is 22.9 Å². The predicted octanol–water partition coefficient (Wildman–Crippen LogP) is 5.03. The molecule has 6 heteroatoms. The standard InChI is InChI=1S/C20H17ClO4S/c1-14-4-10-17(11-5-14)26(23,24)20(19-3-2-12-25-19)13-18(22)15-6-8-16(21)9-7-15/h2-12,20H,13H2,1H3/t20-/m1/s1. The fourth-order valence-electron chi connectivity index (χ4n) is 2.65. The van der Waals surface area contributed by atoms with Crippen molar-refractivity contribution in [1.29, 1.82) is 0 Å². The fraction of sp³-hybridized carbons (Fsp3) is 0.150. The maximum atomic E-state index is 13.1. The van der Waals surface area contributed by atoms with Crippen LogP contribution in [0.15, 0.2) is 76.2 Å². The van der Waals surface area contributed by atoms with Crippen LogP contribution in [0.5, 0.6) is 0 Å². The van der Waals surface area contributed by atoms with E-state index in [1.54, 1.807) is 60.7 Å². The molecule has 1 atom stereocenters. The first-order valence-corrected chi connectivity index (χ1v) is 9.93. The van der Waals surface area contributed by atoms with Gasteiger partial charge in [-0.25, -0.2) is 8.42 Å². The van der Waals surface area contributed by atoms with Crippen molar-refractivity contribution in [2.75, 3.05) is 0 Å². The molecule has 0 radical (unpaired) electrons. The highest BCUT2D eigenvalue weighted by atomic mass is 35.5. The van der Waals surface area contributed by atoms with E-state index in [1.807, 2.05) is 6.92 Å². The van der Waals surface area contributed by atoms with E-state index in [9.17, 15) is 13.2 Å². The largest absolute Gasteiger partial charge is 0.468 e. The maximum absolute atomic E-state index is 13.1. The molecule has 0 bridgehead atoms. The third-order valence-electron chi connectivity index (χ3n) is 4.12. The Morgan fingerprint density at radius 3 is 2.27 bits per heavy atom. The van der Waals surface area contributed by atoms with Crippen LogP contribution in [0.25, 0.3) is 0 Å². The van der Waals surface area contributed by atoms with E-state index in [1.165, 1.54) is 6.26 Å². The molecule has 0 spiro atoms. The minimum Gasteiger partial charge on any atom is -0.468 e. The van der Waals surface area contributed by atoms with E-state index >= 15 is 0 Å². The van der Waals surface area contributed by atoms with Crippen molar-refractivity contribution in [2.24, 2.45) is 0 Å². The van der Waals surface area contributed by atoms with Crippen LogP contribution >= 0.6 is 11.6 Å². The Balaban J connectivity index is 1.97. The van der Waals surface area contributed by atoms with Gasteiger partial charge in [0.2, 0.25) is 0 Å². The van der Waals surface area contributed by atoms with Crippen molar-refractivity contribution in [3.05, 3.63) is 88.8 Å². The smallest absolute Gasteiger partial charge is 0.188 e. The zero-order valence-corrected chi connectivity index (χ0v) is 15.6. The lowest BCUT2D eigenvalue weighted by Crippen LogP contribution is -2.17. The number of sulfone groups is 1. The molecular weight excluding hydrogens is 372 g/mol. The Labute approximate surface area is 157 Å². The molecule has 26 heavy (non-hydrogen) atoms. The Morgan fingerprint density at radius 2 is 1.69 bits per heavy atom. The van der Waals surface area contributed by atoms with E-state index in [0.29, 0.717) is 10.6 Å². The molecule has 3 rings (SSSR count). The molecule has 0 N–H and O–H groups in total. The first-order valence-electron chi connectivity index (χ1n) is 8.00. The zero-order valence-electron chi connectivity index (χ0n) is 14.1. The van der Waals surface area contributed by atoms with Gasteiger partial charge in [0.1, 0.15) is 11.0 Å². The third kappa shape index (κ3) is 3.89. The molecule has 0 saturated heterocycles. The SMILES string of the molecule is Cc1ccc(S(=O)(=O)[C@H](CC(=O)c2ccc(Cl)cc2)c2ccco2)cc1. The number of carbonyl (C=O) groups is 1. The molecule has 1 aromatic heterocycles. The number of furan rings is 1. The van der Waals surface area contributed by atoms with Crippen LogP contribution in [-0.4, -0.2) is 14.2 Å². The summed E-state index contributed by atoms with van der Waals surface area (Å²) in [4.78, 5) is 12.8. The Bertz CT molecular complexity index is 989. The van der Waals surface area contributed by atoms with Crippen LogP contribution in [0.2, 0.25) is 5.02 Å². The van der Waals surface area contributed by atoms with Crippen LogP contribution in [0.4, 0.5) is 0 Å². The lowest BCUT2D eigenvalue weighted by atomic mass is 10.1. The summed E-state index contributed by atoms with van der Waals surface area (Å²) in [5, 5.41) is -0.584. The van der Waals surface area contributed by atoms with E-state index in [2.05, 4.69) is 0 Å². The Hall–Kier alpha value is -2.37. The monoisotopic (exact) mass is 388 g/mol. The molecule has 4 nitrogen and oxygen atoms in total. The van der Waals surface area contributed by atoms with Gasteiger partial charge in [-0.2, -0.15) is 0 Å². The number of hydrogen-bond donors (Lipinski definition) is 0. The first kappa shape index (κ1) is 18.4. The van der Waals surface area contributed by atoms with Crippen molar-refractivity contribution in [1.82, 2.24) is 0 Å². The molecule has 2 aromatic carbocycles. The maximum Gasteiger partial charge on any atom is 0.188 e. The normalized spacial score (nSPS) is 12.7. The molecular formula is C20H17ClO4S. The first-order chi connectivity index (χ1) is 12.4. The number of ketones is 1. The van der Waals surface area contributed by atoms with Crippen LogP contribution < -0.4 is 0 Å². The second-order valence-electron chi connectivity index (χ2n) is 6.00. The summed E-state index contributed by atoms with van der Waals surface area (Å²) in [6.45, 7) is 1.88. The summed E-state index contributed by atoms with van der Waals surface area (Å²) in [7, 11) is -3.79. The highest BCUT2D eigenvalue weighted by Gasteiger charge is 2.33. The molecule has 0 aliphatic heterocycles.